The number of thioether (sulfide) groups is 1. The fraction of sp³-hybridized carbons (Fsp3) is 0.467. The zero-order valence-electron chi connectivity index (χ0n) is 13.5. The monoisotopic (exact) mass is 332 g/mol. The van der Waals surface area contributed by atoms with Crippen molar-refractivity contribution in [2.45, 2.75) is 19.0 Å². The zero-order chi connectivity index (χ0) is 16.4. The third kappa shape index (κ3) is 3.31. The van der Waals surface area contributed by atoms with E-state index in [9.17, 15) is 4.79 Å². The number of anilines is 2. The van der Waals surface area contributed by atoms with Crippen LogP contribution in [0.1, 0.15) is 11.3 Å². The predicted octanol–water partition coefficient (Wildman–Crippen LogP) is 1.23. The van der Waals surface area contributed by atoms with E-state index in [1.54, 1.807) is 17.8 Å². The van der Waals surface area contributed by atoms with E-state index in [2.05, 4.69) is 36.9 Å². The van der Waals surface area contributed by atoms with Gasteiger partial charge in [-0.3, -0.25) is 4.79 Å². The Balaban J connectivity index is 1.75. The minimum Gasteiger partial charge on any atom is -0.353 e. The van der Waals surface area contributed by atoms with E-state index in [4.69, 9.17) is 0 Å². The minimum absolute atomic E-state index is 0.177. The van der Waals surface area contributed by atoms with Gasteiger partial charge in [0.2, 0.25) is 0 Å². The highest BCUT2D eigenvalue weighted by molar-refractivity contribution is 7.98. The molecule has 1 saturated heterocycles. The Kier molecular flexibility index (Phi) is 4.51. The first kappa shape index (κ1) is 15.8. The minimum atomic E-state index is -0.177. The highest BCUT2D eigenvalue weighted by atomic mass is 32.2. The van der Waals surface area contributed by atoms with E-state index in [1.807, 2.05) is 13.2 Å². The molecule has 2 aromatic rings. The van der Waals surface area contributed by atoms with Gasteiger partial charge in [-0.15, -0.1) is 0 Å². The molecule has 2 aromatic heterocycles. The molecule has 0 unspecified atom stereocenters. The van der Waals surface area contributed by atoms with Crippen LogP contribution in [0, 0.1) is 13.8 Å². The van der Waals surface area contributed by atoms with Gasteiger partial charge in [0.05, 0.1) is 0 Å². The normalized spacial score (nSPS) is 15.1. The number of piperazine rings is 1. The molecule has 7 nitrogen and oxygen atoms in total. The molecular formula is C15H20N6OS. The van der Waals surface area contributed by atoms with Gasteiger partial charge in [0.15, 0.2) is 5.16 Å². The van der Waals surface area contributed by atoms with Crippen LogP contribution >= 0.6 is 11.8 Å². The maximum Gasteiger partial charge on any atom is 0.264 e. The fourth-order valence-corrected chi connectivity index (χ4v) is 3.05. The smallest absolute Gasteiger partial charge is 0.264 e. The summed E-state index contributed by atoms with van der Waals surface area (Å²) >= 11 is 1.57. The summed E-state index contributed by atoms with van der Waals surface area (Å²) in [6.07, 6.45) is 1.99. The first-order valence-electron chi connectivity index (χ1n) is 7.53. The van der Waals surface area contributed by atoms with E-state index in [0.717, 1.165) is 54.2 Å². The number of nitrogens with one attached hydrogen (secondary N) is 1. The van der Waals surface area contributed by atoms with Crippen molar-refractivity contribution in [1.29, 1.82) is 0 Å². The average Bonchev–Trinajstić information content (AvgIpc) is 2.58. The maximum absolute atomic E-state index is 11.1. The highest BCUT2D eigenvalue weighted by Crippen LogP contribution is 2.24. The van der Waals surface area contributed by atoms with Crippen molar-refractivity contribution >= 4 is 23.4 Å². The van der Waals surface area contributed by atoms with Crippen molar-refractivity contribution in [3.8, 4) is 0 Å². The van der Waals surface area contributed by atoms with E-state index in [-0.39, 0.29) is 5.56 Å². The highest BCUT2D eigenvalue weighted by Gasteiger charge is 2.21. The molecule has 1 aliphatic heterocycles. The van der Waals surface area contributed by atoms with Crippen LogP contribution in [0.3, 0.4) is 0 Å². The van der Waals surface area contributed by atoms with Gasteiger partial charge in [0.25, 0.3) is 5.56 Å². The summed E-state index contributed by atoms with van der Waals surface area (Å²) in [5.74, 6) is 1.83. The lowest BCUT2D eigenvalue weighted by molar-refractivity contribution is 0.631. The van der Waals surface area contributed by atoms with Crippen LogP contribution in [-0.4, -0.2) is 52.6 Å². The number of nitrogens with zero attached hydrogens (tertiary/aromatic N) is 5. The molecule has 0 spiro atoms. The third-order valence-corrected chi connectivity index (χ3v) is 4.64. The van der Waals surface area contributed by atoms with Crippen molar-refractivity contribution < 1.29 is 0 Å². The standard InChI is InChI=1S/C15H20N6OS/c1-10-11(2)16-15(23-3)17-14(10)21-8-6-20(7-9-21)12-4-5-13(22)19-18-12/h4-5H,6-9H2,1-3H3,(H,19,22). The quantitative estimate of drug-likeness (QED) is 0.669. The lowest BCUT2D eigenvalue weighted by atomic mass is 10.2. The third-order valence-electron chi connectivity index (χ3n) is 4.09. The Bertz CT molecular complexity index is 734. The molecule has 0 aliphatic carbocycles. The number of aromatic amines is 1. The molecule has 1 N–H and O–H groups in total. The van der Waals surface area contributed by atoms with Gasteiger partial charge in [0.1, 0.15) is 11.6 Å². The molecular weight excluding hydrogens is 312 g/mol. The second-order valence-electron chi connectivity index (χ2n) is 5.50. The summed E-state index contributed by atoms with van der Waals surface area (Å²) in [5, 5.41) is 7.40. The summed E-state index contributed by atoms with van der Waals surface area (Å²) in [6, 6.07) is 3.28. The Labute approximate surface area is 139 Å². The number of aryl methyl sites for hydroxylation is 1. The van der Waals surface area contributed by atoms with Crippen LogP contribution in [-0.2, 0) is 0 Å². The first-order valence-corrected chi connectivity index (χ1v) is 8.76. The molecule has 1 fully saturated rings. The van der Waals surface area contributed by atoms with Crippen molar-refractivity contribution in [1.82, 2.24) is 20.2 Å². The predicted molar refractivity (Wildman–Crippen MR) is 92.6 cm³/mol. The second kappa shape index (κ2) is 6.57. The molecule has 0 atom stereocenters. The molecule has 0 radical (unpaired) electrons. The van der Waals surface area contributed by atoms with Crippen LogP contribution in [0.25, 0.3) is 0 Å². The van der Waals surface area contributed by atoms with Gasteiger partial charge in [-0.25, -0.2) is 15.1 Å². The van der Waals surface area contributed by atoms with Crippen molar-refractivity contribution in [2.24, 2.45) is 0 Å². The molecule has 0 bridgehead atoms. The lowest BCUT2D eigenvalue weighted by Crippen LogP contribution is -2.47. The fourth-order valence-electron chi connectivity index (χ4n) is 2.65. The number of aromatic nitrogens is 4. The van der Waals surface area contributed by atoms with Gasteiger partial charge in [-0.1, -0.05) is 11.8 Å². The first-order chi connectivity index (χ1) is 11.1. The largest absolute Gasteiger partial charge is 0.353 e. The average molecular weight is 332 g/mol. The molecule has 0 saturated carbocycles. The van der Waals surface area contributed by atoms with Gasteiger partial charge in [0, 0.05) is 43.5 Å². The van der Waals surface area contributed by atoms with E-state index >= 15 is 0 Å². The summed E-state index contributed by atoms with van der Waals surface area (Å²) in [4.78, 5) is 24.7. The molecule has 3 rings (SSSR count). The van der Waals surface area contributed by atoms with Crippen molar-refractivity contribution in [3.05, 3.63) is 33.7 Å². The van der Waals surface area contributed by atoms with Gasteiger partial charge >= 0.3 is 0 Å². The van der Waals surface area contributed by atoms with Crippen LogP contribution in [0.2, 0.25) is 0 Å². The van der Waals surface area contributed by atoms with E-state index in [0.29, 0.717) is 0 Å². The number of rotatable bonds is 3. The van der Waals surface area contributed by atoms with Crippen LogP contribution in [0.5, 0.6) is 0 Å². The Morgan fingerprint density at radius 3 is 2.39 bits per heavy atom. The summed E-state index contributed by atoms with van der Waals surface area (Å²) in [7, 11) is 0. The molecule has 8 heteroatoms. The second-order valence-corrected chi connectivity index (χ2v) is 6.27. The van der Waals surface area contributed by atoms with E-state index in [1.165, 1.54) is 6.07 Å². The maximum atomic E-state index is 11.1. The van der Waals surface area contributed by atoms with Gasteiger partial charge < -0.3 is 9.80 Å². The molecule has 1 aliphatic rings. The summed E-state index contributed by atoms with van der Waals surface area (Å²) in [6.45, 7) is 7.52. The summed E-state index contributed by atoms with van der Waals surface area (Å²) < 4.78 is 0. The summed E-state index contributed by atoms with van der Waals surface area (Å²) in [5.41, 5.74) is 1.99. The SMILES string of the molecule is CSc1nc(C)c(C)c(N2CCN(c3ccc(=O)[nH]n3)CC2)n1. The van der Waals surface area contributed by atoms with Gasteiger partial charge in [-0.2, -0.15) is 5.10 Å². The van der Waals surface area contributed by atoms with E-state index < -0.39 is 0 Å². The number of hydrogen-bond acceptors (Lipinski definition) is 7. The molecule has 122 valence electrons. The Morgan fingerprint density at radius 1 is 1.09 bits per heavy atom. The molecule has 0 amide bonds. The zero-order valence-corrected chi connectivity index (χ0v) is 14.4. The van der Waals surface area contributed by atoms with Crippen LogP contribution < -0.4 is 15.4 Å². The topological polar surface area (TPSA) is 78.0 Å². The Hall–Kier alpha value is -2.09. The van der Waals surface area contributed by atoms with Crippen LogP contribution in [0.4, 0.5) is 11.6 Å². The molecule has 23 heavy (non-hydrogen) atoms. The molecule has 3 heterocycles. The Morgan fingerprint density at radius 2 is 1.78 bits per heavy atom. The lowest BCUT2D eigenvalue weighted by Gasteiger charge is -2.36. The number of hydrogen-bond donors (Lipinski definition) is 1. The van der Waals surface area contributed by atoms with Crippen molar-refractivity contribution in [3.63, 3.8) is 0 Å². The van der Waals surface area contributed by atoms with Crippen molar-refractivity contribution in [2.75, 3.05) is 42.2 Å². The van der Waals surface area contributed by atoms with Crippen LogP contribution in [0.15, 0.2) is 22.1 Å². The molecule has 0 aromatic carbocycles. The van der Waals surface area contributed by atoms with Gasteiger partial charge in [-0.05, 0) is 26.2 Å². The number of H-pyrrole nitrogens is 1.